The molecule has 7 nitrogen and oxygen atoms in total. The predicted octanol–water partition coefficient (Wildman–Crippen LogP) is 2.38. The van der Waals surface area contributed by atoms with Crippen LogP contribution in [-0.2, 0) is 22.2 Å². The molecule has 2 rings (SSSR count). The maximum atomic E-state index is 12.6. The molecule has 0 saturated carbocycles. The number of benzene rings is 1. The van der Waals surface area contributed by atoms with Crippen LogP contribution in [0.2, 0.25) is 0 Å². The van der Waals surface area contributed by atoms with E-state index in [1.807, 2.05) is 12.1 Å². The highest BCUT2D eigenvalue weighted by molar-refractivity contribution is 7.88. The Kier molecular flexibility index (Phi) is 5.99. The van der Waals surface area contributed by atoms with Crippen LogP contribution >= 0.6 is 0 Å². The zero-order valence-corrected chi connectivity index (χ0v) is 14.1. The predicted molar refractivity (Wildman–Crippen MR) is 90.9 cm³/mol. The van der Waals surface area contributed by atoms with E-state index >= 15 is 0 Å². The molecule has 0 amide bonds. The second-order valence-electron chi connectivity index (χ2n) is 5.20. The molecule has 0 atom stereocenters. The van der Waals surface area contributed by atoms with Crippen LogP contribution in [0.4, 0.5) is 5.69 Å². The van der Waals surface area contributed by atoms with Gasteiger partial charge >= 0.3 is 0 Å². The molecule has 0 bridgehead atoms. The van der Waals surface area contributed by atoms with Gasteiger partial charge in [0.1, 0.15) is 0 Å². The highest BCUT2D eigenvalue weighted by Crippen LogP contribution is 2.21. The minimum absolute atomic E-state index is 0.179. The van der Waals surface area contributed by atoms with Crippen molar-refractivity contribution in [3.8, 4) is 0 Å². The summed E-state index contributed by atoms with van der Waals surface area (Å²) in [7, 11) is -3.65. The van der Waals surface area contributed by atoms with Gasteiger partial charge in [0.05, 0.1) is 10.7 Å². The van der Waals surface area contributed by atoms with Gasteiger partial charge in [0, 0.05) is 43.0 Å². The van der Waals surface area contributed by atoms with E-state index < -0.39 is 14.9 Å². The van der Waals surface area contributed by atoms with Gasteiger partial charge in [-0.05, 0) is 12.1 Å². The average molecular weight is 349 g/mol. The highest BCUT2D eigenvalue weighted by Gasteiger charge is 2.25. The lowest BCUT2D eigenvalue weighted by Gasteiger charge is -2.20. The molecule has 0 saturated heterocycles. The number of likely N-dealkylation sites (N-methyl/N-ethyl adjacent to an activating group) is 1. The molecule has 0 aliphatic heterocycles. The lowest BCUT2D eigenvalue weighted by atomic mass is 10.2. The van der Waals surface area contributed by atoms with Crippen molar-refractivity contribution in [2.24, 2.45) is 0 Å². The van der Waals surface area contributed by atoms with Crippen LogP contribution in [0.3, 0.4) is 0 Å². The Balaban J connectivity index is 2.14. The molecular weight excluding hydrogens is 330 g/mol. The Morgan fingerprint density at radius 1 is 1.17 bits per heavy atom. The number of hydrogen-bond acceptors (Lipinski definition) is 5. The molecule has 0 unspecified atom stereocenters. The van der Waals surface area contributed by atoms with Gasteiger partial charge in [0.25, 0.3) is 5.69 Å². The first-order valence-electron chi connectivity index (χ1n) is 7.54. The molecule has 0 fully saturated rings. The molecule has 1 aromatic heterocycles. The minimum atomic E-state index is -3.65. The minimum Gasteiger partial charge on any atom is -0.261 e. The summed E-state index contributed by atoms with van der Waals surface area (Å²) in [5, 5.41) is 11.0. The summed E-state index contributed by atoms with van der Waals surface area (Å²) in [6, 6.07) is 11.4. The number of rotatable bonds is 8. The Labute approximate surface area is 141 Å². The van der Waals surface area contributed by atoms with Crippen LogP contribution in [0.5, 0.6) is 0 Å². The fourth-order valence-corrected chi connectivity index (χ4v) is 3.96. The Morgan fingerprint density at radius 3 is 2.50 bits per heavy atom. The van der Waals surface area contributed by atoms with Gasteiger partial charge in [0.2, 0.25) is 10.0 Å². The lowest BCUT2D eigenvalue weighted by Crippen LogP contribution is -2.34. The summed E-state index contributed by atoms with van der Waals surface area (Å²) >= 11 is 0. The van der Waals surface area contributed by atoms with E-state index in [4.69, 9.17) is 0 Å². The second-order valence-corrected chi connectivity index (χ2v) is 7.17. The number of aromatic nitrogens is 1. The topological polar surface area (TPSA) is 93.4 Å². The van der Waals surface area contributed by atoms with Crippen molar-refractivity contribution in [3.63, 3.8) is 0 Å². The van der Waals surface area contributed by atoms with Crippen molar-refractivity contribution in [2.45, 2.75) is 19.1 Å². The molecule has 128 valence electrons. The normalized spacial score (nSPS) is 11.6. The van der Waals surface area contributed by atoms with Crippen LogP contribution in [0.1, 0.15) is 18.2 Å². The van der Waals surface area contributed by atoms with Gasteiger partial charge in [-0.25, -0.2) is 12.7 Å². The number of nitro groups is 1. The summed E-state index contributed by atoms with van der Waals surface area (Å²) in [6.45, 7) is 2.33. The fourth-order valence-electron chi connectivity index (χ4n) is 2.38. The largest absolute Gasteiger partial charge is 0.273 e. The quantitative estimate of drug-likeness (QED) is 0.539. The number of pyridine rings is 1. The smallest absolute Gasteiger partial charge is 0.261 e. The van der Waals surface area contributed by atoms with E-state index in [1.165, 1.54) is 22.5 Å². The number of nitrogens with zero attached hydrogens (tertiary/aromatic N) is 3. The molecule has 0 spiro atoms. The average Bonchev–Trinajstić information content (AvgIpc) is 2.56. The van der Waals surface area contributed by atoms with Crippen molar-refractivity contribution < 1.29 is 13.3 Å². The Morgan fingerprint density at radius 2 is 1.88 bits per heavy atom. The van der Waals surface area contributed by atoms with Crippen LogP contribution < -0.4 is 0 Å². The summed E-state index contributed by atoms with van der Waals surface area (Å²) < 4.78 is 26.6. The van der Waals surface area contributed by atoms with E-state index in [-0.39, 0.29) is 23.5 Å². The summed E-state index contributed by atoms with van der Waals surface area (Å²) in [4.78, 5) is 14.7. The van der Waals surface area contributed by atoms with Gasteiger partial charge in [0.15, 0.2) is 0 Å². The van der Waals surface area contributed by atoms with Gasteiger partial charge in [-0.1, -0.05) is 31.2 Å². The molecule has 24 heavy (non-hydrogen) atoms. The van der Waals surface area contributed by atoms with Crippen LogP contribution in [0.15, 0.2) is 48.7 Å². The van der Waals surface area contributed by atoms with Gasteiger partial charge in [-0.2, -0.15) is 0 Å². The molecule has 0 N–H and O–H groups in total. The van der Waals surface area contributed by atoms with Crippen LogP contribution in [0.25, 0.3) is 0 Å². The molecule has 0 aliphatic rings. The zero-order chi connectivity index (χ0) is 17.6. The van der Waals surface area contributed by atoms with Gasteiger partial charge in [-0.15, -0.1) is 0 Å². The molecule has 2 aromatic rings. The van der Waals surface area contributed by atoms with Crippen LogP contribution in [-0.4, -0.2) is 35.7 Å². The van der Waals surface area contributed by atoms with E-state index in [0.717, 1.165) is 5.69 Å². The first kappa shape index (κ1) is 18.0. The molecule has 1 aromatic carbocycles. The molecule has 0 aliphatic carbocycles. The number of sulfonamides is 1. The van der Waals surface area contributed by atoms with Crippen molar-refractivity contribution in [3.05, 3.63) is 70.0 Å². The standard InChI is InChI=1S/C16H19N3O4S/c1-2-18(12-10-15-8-5-6-11-17-15)24(22,23)13-14-7-3-4-9-16(14)19(20)21/h3-9,11H,2,10,12-13H2,1H3. The third kappa shape index (κ3) is 4.59. The van der Waals surface area contributed by atoms with E-state index in [0.29, 0.717) is 13.0 Å². The maximum Gasteiger partial charge on any atom is 0.273 e. The van der Waals surface area contributed by atoms with Crippen molar-refractivity contribution in [1.29, 1.82) is 0 Å². The number of para-hydroxylation sites is 1. The monoisotopic (exact) mass is 349 g/mol. The summed E-state index contributed by atoms with van der Waals surface area (Å²) in [6.07, 6.45) is 2.15. The lowest BCUT2D eigenvalue weighted by molar-refractivity contribution is -0.385. The Hall–Kier alpha value is -2.32. The van der Waals surface area contributed by atoms with Gasteiger partial charge < -0.3 is 0 Å². The molecule has 0 radical (unpaired) electrons. The SMILES string of the molecule is CCN(CCc1ccccn1)S(=O)(=O)Cc1ccccc1[N+](=O)[O-]. The third-order valence-electron chi connectivity index (χ3n) is 3.62. The first-order valence-corrected chi connectivity index (χ1v) is 9.15. The Bertz CT molecular complexity index is 794. The molecule has 1 heterocycles. The van der Waals surface area contributed by atoms with Crippen molar-refractivity contribution >= 4 is 15.7 Å². The van der Waals surface area contributed by atoms with E-state index in [1.54, 1.807) is 25.3 Å². The van der Waals surface area contributed by atoms with E-state index in [2.05, 4.69) is 4.98 Å². The van der Waals surface area contributed by atoms with Crippen LogP contribution in [0, 0.1) is 10.1 Å². The maximum absolute atomic E-state index is 12.6. The number of nitro benzene ring substituents is 1. The first-order chi connectivity index (χ1) is 11.4. The third-order valence-corrected chi connectivity index (χ3v) is 5.52. The van der Waals surface area contributed by atoms with Crippen molar-refractivity contribution in [2.75, 3.05) is 13.1 Å². The number of hydrogen-bond donors (Lipinski definition) is 0. The van der Waals surface area contributed by atoms with E-state index in [9.17, 15) is 18.5 Å². The fraction of sp³-hybridized carbons (Fsp3) is 0.312. The highest BCUT2D eigenvalue weighted by atomic mass is 32.2. The molecular formula is C16H19N3O4S. The van der Waals surface area contributed by atoms with Crippen molar-refractivity contribution in [1.82, 2.24) is 9.29 Å². The second kappa shape index (κ2) is 7.98. The summed E-state index contributed by atoms with van der Waals surface area (Å²) in [5.74, 6) is -0.389. The zero-order valence-electron chi connectivity index (χ0n) is 13.3. The summed E-state index contributed by atoms with van der Waals surface area (Å²) in [5.41, 5.74) is 0.817. The van der Waals surface area contributed by atoms with Gasteiger partial charge in [-0.3, -0.25) is 15.1 Å². The molecule has 8 heteroatoms.